The minimum atomic E-state index is -0.659. The highest BCUT2D eigenvalue weighted by Gasteiger charge is 2.15. The second-order valence-electron chi connectivity index (χ2n) is 4.27. The fourth-order valence-corrected chi connectivity index (χ4v) is 1.69. The molecule has 0 saturated carbocycles. The first kappa shape index (κ1) is 13.2. The number of benzene rings is 1. The summed E-state index contributed by atoms with van der Waals surface area (Å²) in [7, 11) is 0. The van der Waals surface area contributed by atoms with Gasteiger partial charge in [-0.05, 0) is 23.6 Å². The number of hydrogen-bond acceptors (Lipinski definition) is 4. The van der Waals surface area contributed by atoms with Gasteiger partial charge in [-0.2, -0.15) is 0 Å². The van der Waals surface area contributed by atoms with Crippen molar-refractivity contribution < 1.29 is 9.53 Å². The predicted molar refractivity (Wildman–Crippen MR) is 72.2 cm³/mol. The monoisotopic (exact) mass is 256 g/mol. The minimum Gasteiger partial charge on any atom is -0.460 e. The molecule has 1 aromatic heterocycles. The van der Waals surface area contributed by atoms with Crippen LogP contribution in [-0.4, -0.2) is 17.0 Å². The van der Waals surface area contributed by atoms with Gasteiger partial charge in [0, 0.05) is 12.4 Å². The first-order valence-electron chi connectivity index (χ1n) is 6.11. The van der Waals surface area contributed by atoms with Gasteiger partial charge in [0.05, 0.1) is 0 Å². The summed E-state index contributed by atoms with van der Waals surface area (Å²) >= 11 is 0. The van der Waals surface area contributed by atoms with E-state index in [-0.39, 0.29) is 6.61 Å². The van der Waals surface area contributed by atoms with Gasteiger partial charge in [0.15, 0.2) is 0 Å². The average Bonchev–Trinajstić information content (AvgIpc) is 2.47. The minimum absolute atomic E-state index is 0.250. The Morgan fingerprint density at radius 3 is 2.58 bits per heavy atom. The van der Waals surface area contributed by atoms with E-state index in [0.717, 1.165) is 11.1 Å². The van der Waals surface area contributed by atoms with Crippen LogP contribution in [0.4, 0.5) is 0 Å². The topological polar surface area (TPSA) is 65.2 Å². The normalized spacial score (nSPS) is 11.8. The first-order chi connectivity index (χ1) is 9.25. The fraction of sp³-hybridized carbons (Fsp3) is 0.200. The zero-order valence-electron chi connectivity index (χ0n) is 10.5. The third kappa shape index (κ3) is 4.19. The van der Waals surface area contributed by atoms with Gasteiger partial charge in [0.2, 0.25) is 0 Å². The van der Waals surface area contributed by atoms with Crippen molar-refractivity contribution in [2.75, 3.05) is 0 Å². The van der Waals surface area contributed by atoms with Gasteiger partial charge in [0.1, 0.15) is 12.6 Å². The van der Waals surface area contributed by atoms with E-state index >= 15 is 0 Å². The lowest BCUT2D eigenvalue weighted by Crippen LogP contribution is -2.34. The van der Waals surface area contributed by atoms with Crippen LogP contribution >= 0.6 is 0 Å². The lowest BCUT2D eigenvalue weighted by Gasteiger charge is -2.11. The van der Waals surface area contributed by atoms with Crippen LogP contribution in [-0.2, 0) is 22.6 Å². The Labute approximate surface area is 112 Å². The van der Waals surface area contributed by atoms with Crippen molar-refractivity contribution >= 4 is 5.97 Å². The molecule has 2 aromatic rings. The predicted octanol–water partition coefficient (Wildman–Crippen LogP) is 1.69. The van der Waals surface area contributed by atoms with E-state index in [2.05, 4.69) is 4.98 Å². The van der Waals surface area contributed by atoms with Crippen molar-refractivity contribution in [1.82, 2.24) is 4.98 Å². The molecule has 2 rings (SSSR count). The molecule has 0 saturated heterocycles. The quantitative estimate of drug-likeness (QED) is 0.827. The van der Waals surface area contributed by atoms with Crippen LogP contribution in [0.15, 0.2) is 54.9 Å². The van der Waals surface area contributed by atoms with E-state index in [0.29, 0.717) is 6.42 Å². The number of ether oxygens (including phenoxy) is 1. The Morgan fingerprint density at radius 2 is 1.89 bits per heavy atom. The highest BCUT2D eigenvalue weighted by atomic mass is 16.5. The Kier molecular flexibility index (Phi) is 4.64. The Morgan fingerprint density at radius 1 is 1.16 bits per heavy atom. The molecule has 0 bridgehead atoms. The molecule has 19 heavy (non-hydrogen) atoms. The maximum absolute atomic E-state index is 11.8. The summed E-state index contributed by atoms with van der Waals surface area (Å²) < 4.78 is 5.18. The number of nitrogens with two attached hydrogens (primary N) is 1. The molecule has 0 spiro atoms. The molecule has 0 unspecified atom stereocenters. The summed E-state index contributed by atoms with van der Waals surface area (Å²) in [5, 5.41) is 0. The largest absolute Gasteiger partial charge is 0.460 e. The Bertz CT molecular complexity index is 514. The maximum Gasteiger partial charge on any atom is 0.323 e. The summed E-state index contributed by atoms with van der Waals surface area (Å²) in [6.45, 7) is 0.250. The summed E-state index contributed by atoms with van der Waals surface area (Å²) in [4.78, 5) is 15.7. The standard InChI is InChI=1S/C15H16N2O2/c16-14(9-13-7-4-8-17-10-13)15(18)19-11-12-5-2-1-3-6-12/h1-8,10,14H,9,11,16H2/t14-/m0/s1. The molecule has 4 heteroatoms. The number of hydrogen-bond donors (Lipinski definition) is 1. The van der Waals surface area contributed by atoms with Crippen LogP contribution in [0.5, 0.6) is 0 Å². The van der Waals surface area contributed by atoms with Gasteiger partial charge < -0.3 is 10.5 Å². The molecule has 0 amide bonds. The van der Waals surface area contributed by atoms with E-state index in [1.807, 2.05) is 42.5 Å². The van der Waals surface area contributed by atoms with E-state index in [1.54, 1.807) is 12.4 Å². The number of carbonyl (C=O) groups is 1. The molecule has 2 N–H and O–H groups in total. The maximum atomic E-state index is 11.8. The molecule has 4 nitrogen and oxygen atoms in total. The molecular weight excluding hydrogens is 240 g/mol. The molecule has 0 aliphatic rings. The highest BCUT2D eigenvalue weighted by molar-refractivity contribution is 5.75. The van der Waals surface area contributed by atoms with E-state index in [4.69, 9.17) is 10.5 Å². The SMILES string of the molecule is N[C@@H](Cc1cccnc1)C(=O)OCc1ccccc1. The van der Waals surface area contributed by atoms with E-state index in [9.17, 15) is 4.79 Å². The van der Waals surface area contributed by atoms with Gasteiger partial charge in [-0.15, -0.1) is 0 Å². The zero-order valence-corrected chi connectivity index (χ0v) is 10.5. The molecule has 1 atom stereocenters. The average molecular weight is 256 g/mol. The van der Waals surface area contributed by atoms with Crippen LogP contribution in [0.25, 0.3) is 0 Å². The Balaban J connectivity index is 1.83. The summed E-state index contributed by atoms with van der Waals surface area (Å²) in [6.07, 6.45) is 3.81. The summed E-state index contributed by atoms with van der Waals surface area (Å²) in [6, 6.07) is 12.6. The molecule has 0 radical (unpaired) electrons. The van der Waals surface area contributed by atoms with Crippen molar-refractivity contribution in [2.24, 2.45) is 5.73 Å². The lowest BCUT2D eigenvalue weighted by atomic mass is 10.1. The van der Waals surface area contributed by atoms with Gasteiger partial charge in [-0.25, -0.2) is 0 Å². The molecule has 0 fully saturated rings. The Hall–Kier alpha value is -2.20. The number of aromatic nitrogens is 1. The van der Waals surface area contributed by atoms with Gasteiger partial charge >= 0.3 is 5.97 Å². The van der Waals surface area contributed by atoms with Gasteiger partial charge in [-0.3, -0.25) is 9.78 Å². The molecule has 0 aliphatic carbocycles. The summed E-state index contributed by atoms with van der Waals surface area (Å²) in [5.74, 6) is -0.396. The van der Waals surface area contributed by atoms with Crippen LogP contribution in [0.3, 0.4) is 0 Å². The highest BCUT2D eigenvalue weighted by Crippen LogP contribution is 2.04. The number of pyridine rings is 1. The molecule has 98 valence electrons. The van der Waals surface area contributed by atoms with Crippen molar-refractivity contribution in [3.63, 3.8) is 0 Å². The zero-order chi connectivity index (χ0) is 13.5. The molecule has 0 aliphatic heterocycles. The molecule has 1 heterocycles. The second kappa shape index (κ2) is 6.66. The van der Waals surface area contributed by atoms with Crippen LogP contribution in [0, 0.1) is 0 Å². The number of nitrogens with zero attached hydrogens (tertiary/aromatic N) is 1. The van der Waals surface area contributed by atoms with Crippen molar-refractivity contribution in [1.29, 1.82) is 0 Å². The third-order valence-electron chi connectivity index (χ3n) is 2.71. The van der Waals surface area contributed by atoms with Crippen LogP contribution < -0.4 is 5.73 Å². The number of esters is 1. The number of rotatable bonds is 5. The van der Waals surface area contributed by atoms with Crippen LogP contribution in [0.1, 0.15) is 11.1 Å². The number of carbonyl (C=O) groups excluding carboxylic acids is 1. The second-order valence-corrected chi connectivity index (χ2v) is 4.27. The van der Waals surface area contributed by atoms with E-state index in [1.165, 1.54) is 0 Å². The third-order valence-corrected chi connectivity index (χ3v) is 2.71. The fourth-order valence-electron chi connectivity index (χ4n) is 1.69. The van der Waals surface area contributed by atoms with Crippen molar-refractivity contribution in [2.45, 2.75) is 19.1 Å². The van der Waals surface area contributed by atoms with Gasteiger partial charge in [-0.1, -0.05) is 36.4 Å². The summed E-state index contributed by atoms with van der Waals surface area (Å²) in [5.41, 5.74) is 7.68. The molecule has 1 aromatic carbocycles. The first-order valence-corrected chi connectivity index (χ1v) is 6.11. The van der Waals surface area contributed by atoms with Crippen LogP contribution in [0.2, 0.25) is 0 Å². The van der Waals surface area contributed by atoms with Gasteiger partial charge in [0.25, 0.3) is 0 Å². The van der Waals surface area contributed by atoms with E-state index < -0.39 is 12.0 Å². The van der Waals surface area contributed by atoms with Crippen molar-refractivity contribution in [3.05, 3.63) is 66.0 Å². The lowest BCUT2D eigenvalue weighted by molar-refractivity contribution is -0.146. The smallest absolute Gasteiger partial charge is 0.323 e. The van der Waals surface area contributed by atoms with Crippen molar-refractivity contribution in [3.8, 4) is 0 Å². The molecular formula is C15H16N2O2.